The Hall–Kier alpha value is -4.91. The highest BCUT2D eigenvalue weighted by molar-refractivity contribution is 6.00. The molecule has 2 atom stereocenters. The van der Waals surface area contributed by atoms with Gasteiger partial charge in [0.1, 0.15) is 35.1 Å². The van der Waals surface area contributed by atoms with E-state index in [0.717, 1.165) is 6.54 Å². The first-order valence-corrected chi connectivity index (χ1v) is 13.4. The van der Waals surface area contributed by atoms with E-state index in [4.69, 9.17) is 10.5 Å². The van der Waals surface area contributed by atoms with Crippen molar-refractivity contribution < 1.29 is 33.0 Å². The summed E-state index contributed by atoms with van der Waals surface area (Å²) in [6.45, 7) is 3.77. The number of hydrogen-bond acceptors (Lipinski definition) is 10. The van der Waals surface area contributed by atoms with E-state index in [2.05, 4.69) is 20.0 Å². The molecule has 12 nitrogen and oxygen atoms in total. The highest BCUT2D eigenvalue weighted by atomic mass is 19.1. The third-order valence-corrected chi connectivity index (χ3v) is 7.12. The van der Waals surface area contributed by atoms with Crippen molar-refractivity contribution in [3.05, 3.63) is 66.4 Å². The summed E-state index contributed by atoms with van der Waals surface area (Å²) in [5.41, 5.74) is 7.03. The Balaban J connectivity index is 0.000000330. The molecule has 2 saturated heterocycles. The van der Waals surface area contributed by atoms with Gasteiger partial charge in [-0.25, -0.2) is 19.0 Å². The quantitative estimate of drug-likeness (QED) is 0.401. The number of ketones is 1. The van der Waals surface area contributed by atoms with Gasteiger partial charge in [-0.3, -0.25) is 19.5 Å². The lowest BCUT2D eigenvalue weighted by Crippen LogP contribution is -2.54. The number of ether oxygens (including phenoxy) is 2. The second-order valence-corrected chi connectivity index (χ2v) is 9.98. The predicted octanol–water partition coefficient (Wildman–Crippen LogP) is 2.46. The number of halogens is 1. The van der Waals surface area contributed by atoms with E-state index in [1.54, 1.807) is 49.6 Å². The first-order valence-electron chi connectivity index (χ1n) is 13.4. The highest BCUT2D eigenvalue weighted by Crippen LogP contribution is 2.30. The molecule has 2 fully saturated rings. The van der Waals surface area contributed by atoms with Crippen molar-refractivity contribution in [3.8, 4) is 16.9 Å². The van der Waals surface area contributed by atoms with Gasteiger partial charge in [0.2, 0.25) is 5.91 Å². The zero-order valence-corrected chi connectivity index (χ0v) is 22.8. The molecule has 3 aliphatic rings. The average Bonchev–Trinajstić information content (AvgIpc) is 3.36. The second-order valence-electron chi connectivity index (χ2n) is 9.98. The van der Waals surface area contributed by atoms with Gasteiger partial charge in [-0.1, -0.05) is 0 Å². The topological polar surface area (TPSA) is 157 Å². The van der Waals surface area contributed by atoms with Gasteiger partial charge in [0.25, 0.3) is 0 Å². The summed E-state index contributed by atoms with van der Waals surface area (Å²) in [6, 6.07) is 9.45. The van der Waals surface area contributed by atoms with E-state index in [0.29, 0.717) is 53.5 Å². The summed E-state index contributed by atoms with van der Waals surface area (Å²) in [4.78, 5) is 57.1. The Morgan fingerprint density at radius 1 is 1.14 bits per heavy atom. The van der Waals surface area contributed by atoms with Crippen molar-refractivity contribution in [2.24, 2.45) is 5.73 Å². The summed E-state index contributed by atoms with van der Waals surface area (Å²) in [7, 11) is 0. The molecule has 0 bridgehead atoms. The van der Waals surface area contributed by atoms with E-state index in [-0.39, 0.29) is 30.8 Å². The first-order chi connectivity index (χ1) is 20.2. The number of piperazine rings is 1. The Morgan fingerprint density at radius 2 is 1.98 bits per heavy atom. The molecule has 0 saturated carbocycles. The third kappa shape index (κ3) is 6.20. The fourth-order valence-electron chi connectivity index (χ4n) is 4.88. The van der Waals surface area contributed by atoms with Crippen LogP contribution in [0.4, 0.5) is 20.7 Å². The van der Waals surface area contributed by atoms with Crippen LogP contribution in [0.2, 0.25) is 0 Å². The molecule has 0 aliphatic carbocycles. The van der Waals surface area contributed by atoms with Crippen LogP contribution in [0.15, 0.2) is 55.0 Å². The van der Waals surface area contributed by atoms with Gasteiger partial charge in [0, 0.05) is 61.8 Å². The molecule has 2 amide bonds. The van der Waals surface area contributed by atoms with Gasteiger partial charge in [-0.2, -0.15) is 0 Å². The van der Waals surface area contributed by atoms with Gasteiger partial charge in [0.15, 0.2) is 5.78 Å². The van der Waals surface area contributed by atoms with Crippen LogP contribution in [-0.4, -0.2) is 72.0 Å². The minimum Gasteiger partial charge on any atom is -0.444 e. The molecule has 0 radical (unpaired) electrons. The second kappa shape index (κ2) is 12.3. The maximum atomic E-state index is 15.0. The number of primary amides is 1. The van der Waals surface area contributed by atoms with E-state index in [1.165, 1.54) is 17.2 Å². The number of hydrogen-bond donors (Lipinski definition) is 2. The number of amides is 2. The van der Waals surface area contributed by atoms with E-state index < -0.39 is 23.9 Å². The molecule has 3 aromatic rings. The van der Waals surface area contributed by atoms with Gasteiger partial charge in [-0.05, 0) is 43.7 Å². The van der Waals surface area contributed by atoms with Crippen molar-refractivity contribution in [1.82, 2.24) is 15.3 Å². The summed E-state index contributed by atoms with van der Waals surface area (Å²) < 4.78 is 24.8. The molecule has 218 valence electrons. The number of anilines is 2. The molecular weight excluding hydrogens is 547 g/mol. The number of nitrogens with two attached hydrogens (primary N) is 1. The first kappa shape index (κ1) is 28.6. The molecule has 3 aliphatic heterocycles. The minimum atomic E-state index is -0.585. The van der Waals surface area contributed by atoms with Crippen LogP contribution >= 0.6 is 0 Å². The lowest BCUT2D eigenvalue weighted by atomic mass is 10.1. The molecule has 1 aromatic carbocycles. The molecule has 2 unspecified atom stereocenters. The lowest BCUT2D eigenvalue weighted by Gasteiger charge is -2.35. The zero-order valence-electron chi connectivity index (χ0n) is 22.8. The Bertz CT molecular complexity index is 1520. The van der Waals surface area contributed by atoms with Crippen molar-refractivity contribution in [2.75, 3.05) is 36.0 Å². The van der Waals surface area contributed by atoms with Crippen LogP contribution in [0.25, 0.3) is 11.1 Å². The lowest BCUT2D eigenvalue weighted by molar-refractivity contribution is -0.119. The van der Waals surface area contributed by atoms with Crippen LogP contribution in [0, 0.1) is 5.82 Å². The summed E-state index contributed by atoms with van der Waals surface area (Å²) in [5.74, 6) is 0.118. The Labute approximate surface area is 240 Å². The minimum absolute atomic E-state index is 0.0621. The molecule has 42 heavy (non-hydrogen) atoms. The van der Waals surface area contributed by atoms with Crippen LogP contribution in [-0.2, 0) is 14.3 Å². The SMILES string of the molecule is CC(=O)C1CNCCN1c1ccc(-c2ccc(N3CC(CCC(N)=O)OC3=O)cc2F)cn1.O=C1Oc2ccncc21. The van der Waals surface area contributed by atoms with Crippen molar-refractivity contribution in [3.63, 3.8) is 0 Å². The Morgan fingerprint density at radius 3 is 2.62 bits per heavy atom. The molecule has 13 heteroatoms. The summed E-state index contributed by atoms with van der Waals surface area (Å²) >= 11 is 0. The normalized spacial score (nSPS) is 19.1. The van der Waals surface area contributed by atoms with Crippen LogP contribution < -0.4 is 25.6 Å². The number of nitrogens with zero attached hydrogens (tertiary/aromatic N) is 4. The van der Waals surface area contributed by atoms with E-state index in [1.807, 2.05) is 4.90 Å². The van der Waals surface area contributed by atoms with Crippen LogP contribution in [0.1, 0.15) is 30.1 Å². The maximum Gasteiger partial charge on any atom is 0.414 e. The van der Waals surface area contributed by atoms with Crippen molar-refractivity contribution >= 4 is 35.3 Å². The van der Waals surface area contributed by atoms with Gasteiger partial charge in [-0.15, -0.1) is 0 Å². The number of carbonyl (C=O) groups is 4. The monoisotopic (exact) mass is 576 g/mol. The molecule has 5 heterocycles. The number of fused-ring (bicyclic) bond motifs is 1. The standard InChI is InChI=1S/C23H26FN5O4.C6H3NO2/c1-14(30)20-12-26-8-9-28(20)22-7-2-15(11-27-22)18-5-3-16(10-19(18)24)29-13-17(33-23(29)32)4-6-21(25)31;8-6-4-3-7-2-1-5(4)9-6/h2-3,5,7,10-11,17,20,26H,4,6,8-9,12-13H2,1H3,(H2,25,31);1-3H. The van der Waals surface area contributed by atoms with Gasteiger partial charge in [0.05, 0.1) is 12.2 Å². The zero-order chi connectivity index (χ0) is 29.8. The average molecular weight is 577 g/mol. The summed E-state index contributed by atoms with van der Waals surface area (Å²) in [6.07, 6.45) is 4.06. The number of cyclic esters (lactones) is 1. The number of carbonyl (C=O) groups excluding carboxylic acids is 4. The molecule has 0 spiro atoms. The number of esters is 1. The van der Waals surface area contributed by atoms with Crippen molar-refractivity contribution in [1.29, 1.82) is 0 Å². The number of Topliss-reactive ketones (excluding diaryl/α,β-unsaturated/α-hetero) is 1. The highest BCUT2D eigenvalue weighted by Gasteiger charge is 2.33. The van der Waals surface area contributed by atoms with Crippen LogP contribution in [0.3, 0.4) is 0 Å². The number of benzene rings is 1. The largest absolute Gasteiger partial charge is 0.444 e. The number of pyridine rings is 2. The van der Waals surface area contributed by atoms with E-state index in [9.17, 15) is 23.6 Å². The Kier molecular flexibility index (Phi) is 8.38. The van der Waals surface area contributed by atoms with Crippen molar-refractivity contribution in [2.45, 2.75) is 31.9 Å². The molecule has 6 rings (SSSR count). The fraction of sp³-hybridized carbons (Fsp3) is 0.310. The number of rotatable bonds is 7. The maximum absolute atomic E-state index is 15.0. The van der Waals surface area contributed by atoms with Crippen LogP contribution in [0.5, 0.6) is 5.75 Å². The smallest absolute Gasteiger partial charge is 0.414 e. The summed E-state index contributed by atoms with van der Waals surface area (Å²) in [5, 5.41) is 3.21. The van der Waals surface area contributed by atoms with E-state index >= 15 is 0 Å². The number of nitrogens with one attached hydrogen (secondary N) is 1. The number of aromatic nitrogens is 2. The predicted molar refractivity (Wildman–Crippen MR) is 150 cm³/mol. The third-order valence-electron chi connectivity index (χ3n) is 7.12. The molecule has 2 aromatic heterocycles. The molecule has 3 N–H and O–H groups in total. The fourth-order valence-corrected chi connectivity index (χ4v) is 4.88. The van der Waals surface area contributed by atoms with Gasteiger partial charge >= 0.3 is 12.1 Å². The molecular formula is C29H29FN6O6. The van der Waals surface area contributed by atoms with Gasteiger partial charge < -0.3 is 25.4 Å².